The fourth-order valence-corrected chi connectivity index (χ4v) is 4.63. The summed E-state index contributed by atoms with van der Waals surface area (Å²) in [7, 11) is 0. The number of rotatable bonds is 6. The van der Waals surface area contributed by atoms with E-state index in [-0.39, 0.29) is 18.2 Å². The highest BCUT2D eigenvalue weighted by Crippen LogP contribution is 2.43. The third kappa shape index (κ3) is 4.52. The summed E-state index contributed by atoms with van der Waals surface area (Å²) < 4.78 is 12.2. The van der Waals surface area contributed by atoms with Crippen LogP contribution in [0.3, 0.4) is 0 Å². The van der Waals surface area contributed by atoms with E-state index in [0.29, 0.717) is 10.1 Å². The van der Waals surface area contributed by atoms with Crippen LogP contribution in [0.4, 0.5) is 5.69 Å². The lowest BCUT2D eigenvalue weighted by Gasteiger charge is -2.26. The molecule has 34 heavy (non-hydrogen) atoms. The van der Waals surface area contributed by atoms with Gasteiger partial charge in [-0.2, -0.15) is 0 Å². The molecule has 0 aliphatic carbocycles. The summed E-state index contributed by atoms with van der Waals surface area (Å²) in [6.45, 7) is 4.02. The zero-order valence-corrected chi connectivity index (χ0v) is 20.4. The molecule has 1 fully saturated rings. The molecule has 0 unspecified atom stereocenters. The minimum absolute atomic E-state index is 0.107. The summed E-state index contributed by atoms with van der Waals surface area (Å²) in [5.41, 5.74) is 2.79. The molecule has 1 aliphatic rings. The molecule has 1 saturated heterocycles. The number of thiocarbonyl (C=S) groups is 1. The number of hydrogen-bond donors (Lipinski definition) is 1. The first kappa shape index (κ1) is 22.4. The minimum atomic E-state index is -0.222. The Kier molecular flexibility index (Phi) is 6.26. The van der Waals surface area contributed by atoms with Gasteiger partial charge >= 0.3 is 0 Å². The average Bonchev–Trinajstić information content (AvgIpc) is 3.45. The number of benzene rings is 2. The van der Waals surface area contributed by atoms with Crippen molar-refractivity contribution < 1.29 is 9.15 Å². The van der Waals surface area contributed by atoms with E-state index >= 15 is 0 Å². The Morgan fingerprint density at radius 1 is 1.00 bits per heavy atom. The largest absolute Gasteiger partial charge is 0.491 e. The second kappa shape index (κ2) is 9.49. The number of furan rings is 1. The molecule has 2 aromatic heterocycles. The number of nitrogens with zero attached hydrogens (tertiary/aromatic N) is 2. The highest BCUT2D eigenvalue weighted by Gasteiger charge is 2.42. The molecule has 3 heterocycles. The van der Waals surface area contributed by atoms with E-state index in [0.717, 1.165) is 34.2 Å². The summed E-state index contributed by atoms with van der Waals surface area (Å²) in [4.78, 5) is 6.68. The molecule has 1 N–H and O–H groups in total. The van der Waals surface area contributed by atoms with Crippen molar-refractivity contribution in [1.29, 1.82) is 0 Å². The molecular formula is C27H24ClN3O2S. The summed E-state index contributed by atoms with van der Waals surface area (Å²) in [6.07, 6.45) is 1.90. The molecule has 0 saturated carbocycles. The van der Waals surface area contributed by atoms with Crippen LogP contribution in [-0.2, 0) is 0 Å². The van der Waals surface area contributed by atoms with Crippen LogP contribution in [0.1, 0.15) is 37.4 Å². The van der Waals surface area contributed by atoms with Crippen molar-refractivity contribution in [2.24, 2.45) is 0 Å². The molecule has 0 amide bonds. The lowest BCUT2D eigenvalue weighted by molar-refractivity contribution is 0.242. The number of ether oxygens (including phenoxy) is 1. The zero-order valence-electron chi connectivity index (χ0n) is 18.8. The van der Waals surface area contributed by atoms with Gasteiger partial charge in [-0.1, -0.05) is 17.7 Å². The first-order valence-electron chi connectivity index (χ1n) is 11.1. The maximum Gasteiger partial charge on any atom is 0.174 e. The Hall–Kier alpha value is -3.35. The van der Waals surface area contributed by atoms with Crippen molar-refractivity contribution in [3.63, 3.8) is 0 Å². The van der Waals surface area contributed by atoms with E-state index in [4.69, 9.17) is 33.0 Å². The number of hydrogen-bond acceptors (Lipinski definition) is 4. The SMILES string of the molecule is CC(C)Oc1ccc(N2C(=S)N[C@H](c3ccccn3)[C@H]2c2ccc(-c3ccc(Cl)cc3)o2)cc1. The van der Waals surface area contributed by atoms with Gasteiger partial charge in [-0.15, -0.1) is 0 Å². The lowest BCUT2D eigenvalue weighted by Crippen LogP contribution is -2.29. The fraction of sp³-hybridized carbons (Fsp3) is 0.185. The van der Waals surface area contributed by atoms with Gasteiger partial charge in [0.05, 0.1) is 17.8 Å². The summed E-state index contributed by atoms with van der Waals surface area (Å²) in [5.74, 6) is 2.37. The zero-order chi connectivity index (χ0) is 23.7. The number of nitrogens with one attached hydrogen (secondary N) is 1. The van der Waals surface area contributed by atoms with Crippen LogP contribution in [0, 0.1) is 0 Å². The van der Waals surface area contributed by atoms with E-state index in [9.17, 15) is 0 Å². The fourth-order valence-electron chi connectivity index (χ4n) is 4.16. The smallest absolute Gasteiger partial charge is 0.174 e. The van der Waals surface area contributed by atoms with E-state index in [1.54, 1.807) is 6.20 Å². The third-order valence-electron chi connectivity index (χ3n) is 5.63. The molecule has 0 radical (unpaired) electrons. The molecule has 2 atom stereocenters. The van der Waals surface area contributed by atoms with Gasteiger partial charge in [0.1, 0.15) is 23.3 Å². The van der Waals surface area contributed by atoms with Crippen LogP contribution in [0.15, 0.2) is 89.5 Å². The van der Waals surface area contributed by atoms with Gasteiger partial charge in [0.2, 0.25) is 0 Å². The van der Waals surface area contributed by atoms with E-state index < -0.39 is 0 Å². The molecule has 5 nitrogen and oxygen atoms in total. The van der Waals surface area contributed by atoms with E-state index in [2.05, 4.69) is 15.2 Å². The van der Waals surface area contributed by atoms with Crippen LogP contribution in [0.5, 0.6) is 5.75 Å². The monoisotopic (exact) mass is 489 g/mol. The Morgan fingerprint density at radius 3 is 2.44 bits per heavy atom. The molecule has 7 heteroatoms. The van der Waals surface area contributed by atoms with Crippen LogP contribution >= 0.6 is 23.8 Å². The number of aromatic nitrogens is 1. The quantitative estimate of drug-likeness (QED) is 0.295. The molecule has 5 rings (SSSR count). The maximum atomic E-state index is 6.38. The molecule has 0 bridgehead atoms. The van der Waals surface area contributed by atoms with Crippen molar-refractivity contribution in [1.82, 2.24) is 10.3 Å². The van der Waals surface area contributed by atoms with Gasteiger partial charge in [-0.05, 0) is 98.9 Å². The predicted molar refractivity (Wildman–Crippen MR) is 139 cm³/mol. The second-order valence-electron chi connectivity index (χ2n) is 8.37. The first-order chi connectivity index (χ1) is 16.5. The van der Waals surface area contributed by atoms with Gasteiger partial charge in [0.25, 0.3) is 0 Å². The molecular weight excluding hydrogens is 466 g/mol. The van der Waals surface area contributed by atoms with Crippen LogP contribution in [0.25, 0.3) is 11.3 Å². The molecule has 172 valence electrons. The number of halogens is 1. The van der Waals surface area contributed by atoms with Crippen molar-refractivity contribution in [3.8, 4) is 17.1 Å². The van der Waals surface area contributed by atoms with Crippen molar-refractivity contribution in [2.45, 2.75) is 32.0 Å². The standard InChI is InChI=1S/C27H24ClN3O2S/c1-17(2)32-21-12-10-20(11-13-21)31-26(25(30-27(31)34)22-5-3-4-16-29-22)24-15-14-23(33-24)18-6-8-19(28)9-7-18/h3-17,25-26H,1-2H3,(H,30,34)/t25-,26-/m1/s1. The number of pyridine rings is 1. The average molecular weight is 490 g/mol. The van der Waals surface area contributed by atoms with Gasteiger partial charge in [-0.3, -0.25) is 4.98 Å². The highest BCUT2D eigenvalue weighted by molar-refractivity contribution is 7.80. The molecule has 2 aromatic carbocycles. The Labute approximate surface area is 209 Å². The predicted octanol–water partition coefficient (Wildman–Crippen LogP) is 6.96. The van der Waals surface area contributed by atoms with Crippen molar-refractivity contribution in [2.75, 3.05) is 4.90 Å². The summed E-state index contributed by atoms with van der Waals surface area (Å²) in [6, 6.07) is 25.0. The third-order valence-corrected chi connectivity index (χ3v) is 6.20. The van der Waals surface area contributed by atoms with Crippen molar-refractivity contribution in [3.05, 3.63) is 102 Å². The molecule has 1 aliphatic heterocycles. The van der Waals surface area contributed by atoms with Gasteiger partial charge in [0, 0.05) is 22.5 Å². The molecule has 0 spiro atoms. The topological polar surface area (TPSA) is 50.5 Å². The number of anilines is 1. The Bertz CT molecular complexity index is 1270. The van der Waals surface area contributed by atoms with Crippen LogP contribution < -0.4 is 15.0 Å². The molecule has 4 aromatic rings. The highest BCUT2D eigenvalue weighted by atomic mass is 35.5. The van der Waals surface area contributed by atoms with E-state index in [1.807, 2.05) is 92.7 Å². The van der Waals surface area contributed by atoms with Gasteiger partial charge < -0.3 is 19.4 Å². The summed E-state index contributed by atoms with van der Waals surface area (Å²) >= 11 is 11.9. The van der Waals surface area contributed by atoms with Gasteiger partial charge in [-0.25, -0.2) is 0 Å². The van der Waals surface area contributed by atoms with E-state index in [1.165, 1.54) is 0 Å². The normalized spacial score (nSPS) is 17.8. The first-order valence-corrected chi connectivity index (χ1v) is 11.9. The van der Waals surface area contributed by atoms with Crippen LogP contribution in [0.2, 0.25) is 5.02 Å². The maximum absolute atomic E-state index is 6.38. The summed E-state index contributed by atoms with van der Waals surface area (Å²) in [5, 5.41) is 4.76. The van der Waals surface area contributed by atoms with Gasteiger partial charge in [0.15, 0.2) is 5.11 Å². The lowest BCUT2D eigenvalue weighted by atomic mass is 10.0. The van der Waals surface area contributed by atoms with Crippen molar-refractivity contribution >= 4 is 34.6 Å². The Morgan fingerprint density at radius 2 is 1.76 bits per heavy atom. The second-order valence-corrected chi connectivity index (χ2v) is 9.19. The Balaban J connectivity index is 1.54. The van der Waals surface area contributed by atoms with Crippen LogP contribution in [-0.4, -0.2) is 16.2 Å². The minimum Gasteiger partial charge on any atom is -0.491 e.